The van der Waals surface area contributed by atoms with E-state index in [-0.39, 0.29) is 24.4 Å². The largest absolute Gasteiger partial charge is 1.00 e. The molecule has 3 N–H and O–H groups in total. The third-order valence-corrected chi connectivity index (χ3v) is 3.21. The van der Waals surface area contributed by atoms with Crippen LogP contribution in [-0.2, 0) is 4.79 Å². The summed E-state index contributed by atoms with van der Waals surface area (Å²) in [6.45, 7) is 4.54. The van der Waals surface area contributed by atoms with Crippen LogP contribution in [0, 0.1) is 0 Å². The first-order valence-corrected chi connectivity index (χ1v) is 7.67. The van der Waals surface area contributed by atoms with Crippen LogP contribution in [0.5, 0.6) is 0 Å². The quantitative estimate of drug-likeness (QED) is 0.316. The van der Waals surface area contributed by atoms with Crippen molar-refractivity contribution in [3.63, 3.8) is 0 Å². The molecule has 0 rings (SSSR count). The molecule has 0 aliphatic rings. The lowest BCUT2D eigenvalue weighted by atomic mass is 10.1. The Labute approximate surface area is 147 Å². The van der Waals surface area contributed by atoms with Gasteiger partial charge in [-0.1, -0.05) is 13.0 Å². The zero-order valence-electron chi connectivity index (χ0n) is 14.9. The lowest BCUT2D eigenvalue weighted by Gasteiger charge is -2.25. The van der Waals surface area contributed by atoms with E-state index in [1.165, 1.54) is 0 Å². The Morgan fingerprint density at radius 3 is 2.00 bits per heavy atom. The van der Waals surface area contributed by atoms with Crippen LogP contribution in [-0.4, -0.2) is 80.2 Å². The van der Waals surface area contributed by atoms with Crippen molar-refractivity contribution < 1.29 is 26.8 Å². The highest BCUT2D eigenvalue weighted by atomic mass is 35.5. The van der Waals surface area contributed by atoms with Crippen LogP contribution < -0.4 is 18.1 Å². The molecule has 7 heteroatoms. The van der Waals surface area contributed by atoms with E-state index in [1.54, 1.807) is 6.92 Å². The molecular formula is C15H33Cl2N3O2. The summed E-state index contributed by atoms with van der Waals surface area (Å²) < 4.78 is 0.758. The molecule has 0 radical (unpaired) electrons. The monoisotopic (exact) mass is 357 g/mol. The first kappa shape index (κ1) is 26.6. The number of aliphatic hydroxyl groups is 1. The van der Waals surface area contributed by atoms with Crippen LogP contribution in [0.3, 0.4) is 0 Å². The van der Waals surface area contributed by atoms with Gasteiger partial charge in [0.05, 0.1) is 27.0 Å². The van der Waals surface area contributed by atoms with E-state index in [2.05, 4.69) is 11.8 Å². The number of likely N-dealkylation sites (N-methyl/N-ethyl adjacent to an activating group) is 2. The number of amides is 1. The topological polar surface area (TPSA) is 66.6 Å². The Kier molecular flexibility index (Phi) is 15.9. The minimum Gasteiger partial charge on any atom is -1.00 e. The smallest absolute Gasteiger partial charge is 0.244 e. The number of carbonyl (C=O) groups is 1. The van der Waals surface area contributed by atoms with Crippen LogP contribution in [0.2, 0.25) is 0 Å². The van der Waals surface area contributed by atoms with Crippen molar-refractivity contribution in [3.05, 3.63) is 11.6 Å². The number of nitrogens with zero attached hydrogens (tertiary/aromatic N) is 2. The van der Waals surface area contributed by atoms with Crippen LogP contribution in [0.4, 0.5) is 0 Å². The maximum absolute atomic E-state index is 10.7. The molecule has 0 bridgehead atoms. The fourth-order valence-corrected chi connectivity index (χ4v) is 1.78. The Bertz CT molecular complexity index is 329. The highest BCUT2D eigenvalue weighted by molar-refractivity contribution is 6.18. The van der Waals surface area contributed by atoms with E-state index in [9.17, 15) is 4.79 Å². The molecule has 0 saturated heterocycles. The number of primary amides is 1. The van der Waals surface area contributed by atoms with Crippen molar-refractivity contribution in [2.24, 2.45) is 5.73 Å². The zero-order valence-corrected chi connectivity index (χ0v) is 16.4. The number of nitrogens with two attached hydrogens (primary N) is 1. The number of alkyl halides is 1. The predicted octanol–water partition coefficient (Wildman–Crippen LogP) is -1.95. The summed E-state index contributed by atoms with van der Waals surface area (Å²) in [4.78, 5) is 12.8. The highest BCUT2D eigenvalue weighted by Crippen LogP contribution is 2.04. The summed E-state index contributed by atoms with van der Waals surface area (Å²) in [6.07, 6.45) is 2.52. The van der Waals surface area contributed by atoms with Gasteiger partial charge in [-0.05, 0) is 27.4 Å². The lowest BCUT2D eigenvalue weighted by molar-refractivity contribution is -0.873. The van der Waals surface area contributed by atoms with Gasteiger partial charge in [-0.3, -0.25) is 4.79 Å². The number of rotatable bonds is 7. The SMILES string of the molecule is CCC(C=C(C)C(N)=O)N(C)C.C[N+](C)(C)CC(O)CCl.[Cl-]. The van der Waals surface area contributed by atoms with Gasteiger partial charge in [-0.15, -0.1) is 11.6 Å². The summed E-state index contributed by atoms with van der Waals surface area (Å²) in [5.41, 5.74) is 5.75. The Balaban J connectivity index is -0.000000326. The molecular weight excluding hydrogens is 325 g/mol. The first-order chi connectivity index (χ1) is 9.44. The summed E-state index contributed by atoms with van der Waals surface area (Å²) in [7, 11) is 10.0. The second-order valence-electron chi connectivity index (χ2n) is 6.43. The van der Waals surface area contributed by atoms with Gasteiger partial charge in [0, 0.05) is 11.6 Å². The van der Waals surface area contributed by atoms with E-state index in [4.69, 9.17) is 22.4 Å². The molecule has 0 saturated carbocycles. The van der Waals surface area contributed by atoms with Gasteiger partial charge in [-0.2, -0.15) is 0 Å². The van der Waals surface area contributed by atoms with Gasteiger partial charge < -0.3 is 32.6 Å². The van der Waals surface area contributed by atoms with Gasteiger partial charge in [0.2, 0.25) is 5.91 Å². The minimum absolute atomic E-state index is 0. The second kappa shape index (κ2) is 13.1. The third kappa shape index (κ3) is 16.0. The number of aliphatic hydroxyl groups excluding tert-OH is 1. The van der Waals surface area contributed by atoms with Gasteiger partial charge in [0.15, 0.2) is 0 Å². The van der Waals surface area contributed by atoms with Gasteiger partial charge in [0.1, 0.15) is 12.6 Å². The number of halogens is 2. The summed E-state index contributed by atoms with van der Waals surface area (Å²) in [5, 5.41) is 9.05. The van der Waals surface area contributed by atoms with Gasteiger partial charge in [0.25, 0.3) is 0 Å². The molecule has 0 aromatic carbocycles. The molecule has 2 atom stereocenters. The average Bonchev–Trinajstić information content (AvgIpc) is 2.33. The van der Waals surface area contributed by atoms with E-state index < -0.39 is 0 Å². The van der Waals surface area contributed by atoms with E-state index in [1.807, 2.05) is 41.3 Å². The van der Waals surface area contributed by atoms with Crippen molar-refractivity contribution in [2.45, 2.75) is 32.4 Å². The van der Waals surface area contributed by atoms with E-state index in [0.29, 0.717) is 24.0 Å². The number of carbonyl (C=O) groups excluding carboxylic acids is 1. The molecule has 0 aromatic rings. The normalized spacial score (nSPS) is 14.5. The van der Waals surface area contributed by atoms with Crippen molar-refractivity contribution in [1.82, 2.24) is 4.90 Å². The second-order valence-corrected chi connectivity index (χ2v) is 6.74. The molecule has 2 unspecified atom stereocenters. The highest BCUT2D eigenvalue weighted by Gasteiger charge is 2.13. The lowest BCUT2D eigenvalue weighted by Crippen LogP contribution is -3.00. The molecule has 0 aliphatic heterocycles. The first-order valence-electron chi connectivity index (χ1n) is 7.13. The zero-order chi connectivity index (χ0) is 17.2. The van der Waals surface area contributed by atoms with E-state index in [0.717, 1.165) is 10.9 Å². The number of hydrogen-bond acceptors (Lipinski definition) is 3. The van der Waals surface area contributed by atoms with Crippen LogP contribution in [0.15, 0.2) is 11.6 Å². The Morgan fingerprint density at radius 1 is 1.36 bits per heavy atom. The maximum atomic E-state index is 10.7. The summed E-state index contributed by atoms with van der Waals surface area (Å²) in [5.74, 6) is -0.00880. The fraction of sp³-hybridized carbons (Fsp3) is 0.800. The van der Waals surface area contributed by atoms with Gasteiger partial charge >= 0.3 is 0 Å². The standard InChI is InChI=1S/C9H18N2O.C6H15ClNO.ClH/c1-5-8(11(3)4)6-7(2)9(10)12;1-8(2,3)5-6(9)4-7;/h6,8H,5H2,1-4H3,(H2,10,12);6,9H,4-5H2,1-3H3;1H/q;+1;/p-1. The average molecular weight is 358 g/mol. The summed E-state index contributed by atoms with van der Waals surface area (Å²) in [6, 6.07) is 0.303. The molecule has 0 spiro atoms. The Morgan fingerprint density at radius 2 is 1.82 bits per heavy atom. The van der Waals surface area contributed by atoms with Crippen molar-refractivity contribution in [2.75, 3.05) is 47.7 Å². The van der Waals surface area contributed by atoms with Crippen molar-refractivity contribution >= 4 is 17.5 Å². The summed E-state index contributed by atoms with van der Waals surface area (Å²) >= 11 is 5.40. The van der Waals surface area contributed by atoms with Crippen molar-refractivity contribution in [1.29, 1.82) is 0 Å². The maximum Gasteiger partial charge on any atom is 0.244 e. The molecule has 0 aliphatic carbocycles. The van der Waals surface area contributed by atoms with Crippen LogP contribution in [0.25, 0.3) is 0 Å². The van der Waals surface area contributed by atoms with Crippen LogP contribution >= 0.6 is 11.6 Å². The molecule has 5 nitrogen and oxygen atoms in total. The molecule has 134 valence electrons. The third-order valence-electron chi connectivity index (χ3n) is 2.85. The number of hydrogen-bond donors (Lipinski definition) is 2. The van der Waals surface area contributed by atoms with E-state index >= 15 is 0 Å². The van der Waals surface area contributed by atoms with Crippen molar-refractivity contribution in [3.8, 4) is 0 Å². The molecule has 0 fully saturated rings. The van der Waals surface area contributed by atoms with Crippen LogP contribution in [0.1, 0.15) is 20.3 Å². The molecule has 0 heterocycles. The predicted molar refractivity (Wildman–Crippen MR) is 90.3 cm³/mol. The molecule has 0 aromatic heterocycles. The fourth-order valence-electron chi connectivity index (χ4n) is 1.68. The molecule has 22 heavy (non-hydrogen) atoms. The number of quaternary nitrogens is 1. The van der Waals surface area contributed by atoms with Gasteiger partial charge in [-0.25, -0.2) is 0 Å². The molecule has 1 amide bonds. The Hall–Kier alpha value is -0.330. The minimum atomic E-state index is -0.369.